The standard InChI is InChI=1S/C4H7NO3.Na/c6-4(7)3-5-1-2-8-3;/h3,5H,1-2H2,(H,6,7);/t3-;/m0./s1. The Labute approximate surface area is 74.9 Å². The number of carboxylic acids is 1. The minimum absolute atomic E-state index is 0. The summed E-state index contributed by atoms with van der Waals surface area (Å²) in [5, 5.41) is 10.9. The van der Waals surface area contributed by atoms with Crippen molar-refractivity contribution in [2.45, 2.75) is 6.23 Å². The fourth-order valence-corrected chi connectivity index (χ4v) is 0.584. The molecule has 0 spiro atoms. The second kappa shape index (κ2) is 4.24. The van der Waals surface area contributed by atoms with Crippen molar-refractivity contribution >= 4 is 35.5 Å². The normalized spacial score (nSPS) is 25.1. The molecule has 1 fully saturated rings. The van der Waals surface area contributed by atoms with Gasteiger partial charge in [-0.1, -0.05) is 0 Å². The Morgan fingerprint density at radius 2 is 2.44 bits per heavy atom. The summed E-state index contributed by atoms with van der Waals surface area (Å²) in [5.41, 5.74) is 0. The molecule has 4 nitrogen and oxygen atoms in total. The molecule has 1 radical (unpaired) electrons. The van der Waals surface area contributed by atoms with E-state index in [2.05, 4.69) is 5.32 Å². The zero-order chi connectivity index (χ0) is 5.98. The first-order chi connectivity index (χ1) is 3.80. The molecular weight excluding hydrogens is 133 g/mol. The zero-order valence-corrected chi connectivity index (χ0v) is 7.26. The van der Waals surface area contributed by atoms with Crippen molar-refractivity contribution in [2.24, 2.45) is 0 Å². The number of hydrogen-bond donors (Lipinski definition) is 2. The molecule has 1 heterocycles. The van der Waals surface area contributed by atoms with Crippen molar-refractivity contribution in [2.75, 3.05) is 13.2 Å². The minimum atomic E-state index is -0.942. The fourth-order valence-electron chi connectivity index (χ4n) is 0.584. The maximum atomic E-state index is 10.0. The molecule has 0 amide bonds. The quantitative estimate of drug-likeness (QED) is 0.441. The summed E-state index contributed by atoms with van der Waals surface area (Å²) < 4.78 is 4.70. The van der Waals surface area contributed by atoms with Gasteiger partial charge in [-0.3, -0.25) is 5.32 Å². The van der Waals surface area contributed by atoms with Crippen LogP contribution in [0.1, 0.15) is 0 Å². The van der Waals surface area contributed by atoms with Gasteiger partial charge >= 0.3 is 5.97 Å². The maximum absolute atomic E-state index is 10.0. The molecule has 1 aliphatic heterocycles. The van der Waals surface area contributed by atoms with Crippen molar-refractivity contribution < 1.29 is 14.6 Å². The van der Waals surface area contributed by atoms with Gasteiger partial charge in [0.2, 0.25) is 6.23 Å². The van der Waals surface area contributed by atoms with E-state index in [0.717, 1.165) is 0 Å². The Morgan fingerprint density at radius 3 is 2.67 bits per heavy atom. The van der Waals surface area contributed by atoms with E-state index in [4.69, 9.17) is 9.84 Å². The van der Waals surface area contributed by atoms with Gasteiger partial charge in [0.1, 0.15) is 0 Å². The molecule has 0 bridgehead atoms. The zero-order valence-electron chi connectivity index (χ0n) is 5.26. The first kappa shape index (κ1) is 9.39. The minimum Gasteiger partial charge on any atom is -0.478 e. The van der Waals surface area contributed by atoms with E-state index in [0.29, 0.717) is 13.2 Å². The number of rotatable bonds is 1. The Morgan fingerprint density at radius 1 is 1.78 bits per heavy atom. The molecule has 0 aliphatic carbocycles. The van der Waals surface area contributed by atoms with Crippen molar-refractivity contribution in [3.63, 3.8) is 0 Å². The van der Waals surface area contributed by atoms with Gasteiger partial charge in [-0.25, -0.2) is 4.79 Å². The maximum Gasteiger partial charge on any atom is 0.348 e. The molecule has 9 heavy (non-hydrogen) atoms. The fraction of sp³-hybridized carbons (Fsp3) is 0.750. The predicted octanol–water partition coefficient (Wildman–Crippen LogP) is -1.36. The second-order valence-corrected chi connectivity index (χ2v) is 1.54. The predicted molar refractivity (Wildman–Crippen MR) is 31.1 cm³/mol. The average Bonchev–Trinajstić information content (AvgIpc) is 2.12. The number of ether oxygens (including phenoxy) is 1. The van der Waals surface area contributed by atoms with Gasteiger partial charge in [-0.2, -0.15) is 0 Å². The van der Waals surface area contributed by atoms with E-state index < -0.39 is 12.2 Å². The van der Waals surface area contributed by atoms with Gasteiger partial charge in [-0.05, 0) is 0 Å². The van der Waals surface area contributed by atoms with E-state index in [9.17, 15) is 4.79 Å². The van der Waals surface area contributed by atoms with Crippen molar-refractivity contribution in [1.29, 1.82) is 0 Å². The average molecular weight is 140 g/mol. The number of carboxylic acid groups (broad SMARTS) is 1. The Hall–Kier alpha value is 0.390. The van der Waals surface area contributed by atoms with Crippen molar-refractivity contribution in [3.05, 3.63) is 0 Å². The van der Waals surface area contributed by atoms with Gasteiger partial charge in [-0.15, -0.1) is 0 Å². The smallest absolute Gasteiger partial charge is 0.348 e. The van der Waals surface area contributed by atoms with Crippen LogP contribution >= 0.6 is 0 Å². The third-order valence-corrected chi connectivity index (χ3v) is 0.941. The molecule has 0 aromatic rings. The first-order valence-electron chi connectivity index (χ1n) is 2.38. The topological polar surface area (TPSA) is 58.6 Å². The van der Waals surface area contributed by atoms with E-state index in [1.165, 1.54) is 0 Å². The second-order valence-electron chi connectivity index (χ2n) is 1.54. The number of nitrogens with one attached hydrogen (secondary N) is 1. The molecule has 5 heteroatoms. The number of carbonyl (C=O) groups is 1. The van der Waals surface area contributed by atoms with Gasteiger partial charge in [0.15, 0.2) is 0 Å². The molecule has 0 aromatic heterocycles. The van der Waals surface area contributed by atoms with Crippen LogP contribution in [-0.2, 0) is 9.53 Å². The number of hydrogen-bond acceptors (Lipinski definition) is 3. The van der Waals surface area contributed by atoms with Crippen LogP contribution in [0, 0.1) is 0 Å². The molecule has 0 aromatic carbocycles. The van der Waals surface area contributed by atoms with Gasteiger partial charge in [0.05, 0.1) is 6.61 Å². The Kier molecular flexibility index (Phi) is 4.43. The van der Waals surface area contributed by atoms with Crippen LogP contribution in [0.5, 0.6) is 0 Å². The third kappa shape index (κ3) is 2.64. The first-order valence-corrected chi connectivity index (χ1v) is 2.38. The van der Waals surface area contributed by atoms with Crippen LogP contribution in [-0.4, -0.2) is 60.0 Å². The molecular formula is C4H7NNaO3. The summed E-state index contributed by atoms with van der Waals surface area (Å²) in [6.45, 7) is 1.13. The molecule has 2 N–H and O–H groups in total. The van der Waals surface area contributed by atoms with Gasteiger partial charge in [0.25, 0.3) is 0 Å². The van der Waals surface area contributed by atoms with Crippen LogP contribution in [0.25, 0.3) is 0 Å². The molecule has 0 unspecified atom stereocenters. The molecule has 0 saturated carbocycles. The van der Waals surface area contributed by atoms with Crippen molar-refractivity contribution in [3.8, 4) is 0 Å². The van der Waals surface area contributed by atoms with Crippen LogP contribution in [0.15, 0.2) is 0 Å². The van der Waals surface area contributed by atoms with E-state index in [-0.39, 0.29) is 29.6 Å². The van der Waals surface area contributed by atoms with Crippen LogP contribution in [0.4, 0.5) is 0 Å². The molecule has 1 rings (SSSR count). The number of aliphatic carboxylic acids is 1. The Bertz CT molecular complexity index is 102. The molecule has 47 valence electrons. The van der Waals surface area contributed by atoms with E-state index in [1.54, 1.807) is 0 Å². The molecule has 1 aliphatic rings. The largest absolute Gasteiger partial charge is 0.478 e. The summed E-state index contributed by atoms with van der Waals surface area (Å²) in [4.78, 5) is 10.0. The summed E-state index contributed by atoms with van der Waals surface area (Å²) in [5.74, 6) is -0.942. The van der Waals surface area contributed by atoms with E-state index >= 15 is 0 Å². The summed E-state index contributed by atoms with van der Waals surface area (Å²) in [6, 6.07) is 0. The van der Waals surface area contributed by atoms with Crippen LogP contribution in [0.2, 0.25) is 0 Å². The van der Waals surface area contributed by atoms with Gasteiger partial charge in [0, 0.05) is 36.1 Å². The summed E-state index contributed by atoms with van der Waals surface area (Å²) >= 11 is 0. The van der Waals surface area contributed by atoms with Crippen molar-refractivity contribution in [1.82, 2.24) is 5.32 Å². The van der Waals surface area contributed by atoms with Crippen LogP contribution in [0.3, 0.4) is 0 Å². The monoisotopic (exact) mass is 140 g/mol. The Balaban J connectivity index is 0.000000640. The molecule has 1 atom stereocenters. The van der Waals surface area contributed by atoms with E-state index in [1.807, 2.05) is 0 Å². The SMILES string of the molecule is O=C(O)[C@H]1NCCO1.[Na]. The third-order valence-electron chi connectivity index (χ3n) is 0.941. The summed E-state index contributed by atoms with van der Waals surface area (Å²) in [7, 11) is 0. The summed E-state index contributed by atoms with van der Waals surface area (Å²) in [6.07, 6.45) is -0.769. The van der Waals surface area contributed by atoms with Gasteiger partial charge < -0.3 is 9.84 Å². The van der Waals surface area contributed by atoms with Crippen LogP contribution < -0.4 is 5.32 Å². The molecule has 1 saturated heterocycles.